The van der Waals surface area contributed by atoms with E-state index < -0.39 is 5.97 Å². The number of benzene rings is 1. The highest BCUT2D eigenvalue weighted by Gasteiger charge is 2.14. The summed E-state index contributed by atoms with van der Waals surface area (Å²) >= 11 is 0. The number of carboxylic acid groups (broad SMARTS) is 1. The van der Waals surface area contributed by atoms with E-state index in [9.17, 15) is 4.79 Å². The molecule has 2 aromatic rings. The SMILES string of the molecule is COc1cc2cc[nH]c2cc1C(N)CCC(=O)O. The number of H-pyrrole nitrogens is 1. The Balaban J connectivity index is 2.32. The van der Waals surface area contributed by atoms with Gasteiger partial charge in [0.1, 0.15) is 5.75 Å². The number of carbonyl (C=O) groups is 1. The minimum absolute atomic E-state index is 0.0487. The van der Waals surface area contributed by atoms with Gasteiger partial charge in [0.25, 0.3) is 0 Å². The first kappa shape index (κ1) is 12.4. The molecule has 0 aliphatic carbocycles. The second-order valence-electron chi connectivity index (χ2n) is 4.20. The molecule has 1 heterocycles. The predicted octanol–water partition coefficient (Wildman–Crippen LogP) is 2.04. The molecule has 0 aliphatic rings. The number of aromatic nitrogens is 1. The molecule has 0 saturated heterocycles. The number of methoxy groups -OCH3 is 1. The van der Waals surface area contributed by atoms with Crippen molar-refractivity contribution in [1.82, 2.24) is 4.98 Å². The van der Waals surface area contributed by atoms with Crippen LogP contribution in [-0.4, -0.2) is 23.2 Å². The second-order valence-corrected chi connectivity index (χ2v) is 4.20. The Bertz CT molecular complexity index is 562. The Morgan fingerprint density at radius 1 is 1.56 bits per heavy atom. The topological polar surface area (TPSA) is 88.3 Å². The van der Waals surface area contributed by atoms with Gasteiger partial charge in [-0.3, -0.25) is 4.79 Å². The number of hydrogen-bond donors (Lipinski definition) is 3. The van der Waals surface area contributed by atoms with Crippen LogP contribution >= 0.6 is 0 Å². The number of nitrogens with one attached hydrogen (secondary N) is 1. The molecule has 5 heteroatoms. The van der Waals surface area contributed by atoms with Crippen molar-refractivity contribution < 1.29 is 14.6 Å². The Morgan fingerprint density at radius 2 is 2.33 bits per heavy atom. The Kier molecular flexibility index (Phi) is 3.53. The molecule has 0 spiro atoms. The van der Waals surface area contributed by atoms with Gasteiger partial charge in [-0.05, 0) is 24.6 Å². The van der Waals surface area contributed by atoms with Gasteiger partial charge < -0.3 is 20.6 Å². The zero-order valence-electron chi connectivity index (χ0n) is 10.1. The molecule has 0 fully saturated rings. The molecular formula is C13H16N2O3. The van der Waals surface area contributed by atoms with Gasteiger partial charge in [0, 0.05) is 35.1 Å². The van der Waals surface area contributed by atoms with Crippen molar-refractivity contribution in [3.05, 3.63) is 30.0 Å². The van der Waals surface area contributed by atoms with E-state index in [1.54, 1.807) is 7.11 Å². The van der Waals surface area contributed by atoms with Crippen LogP contribution < -0.4 is 10.5 Å². The van der Waals surface area contributed by atoms with Crippen LogP contribution in [0, 0.1) is 0 Å². The smallest absolute Gasteiger partial charge is 0.303 e. The van der Waals surface area contributed by atoms with Crippen LogP contribution in [0.5, 0.6) is 5.75 Å². The van der Waals surface area contributed by atoms with E-state index in [4.69, 9.17) is 15.6 Å². The molecule has 1 aromatic heterocycles. The fourth-order valence-electron chi connectivity index (χ4n) is 2.00. The number of nitrogens with two attached hydrogens (primary N) is 1. The molecule has 4 N–H and O–H groups in total. The summed E-state index contributed by atoms with van der Waals surface area (Å²) in [7, 11) is 1.58. The van der Waals surface area contributed by atoms with Gasteiger partial charge in [0.2, 0.25) is 0 Å². The van der Waals surface area contributed by atoms with Crippen molar-refractivity contribution >= 4 is 16.9 Å². The predicted molar refractivity (Wildman–Crippen MR) is 68.6 cm³/mol. The van der Waals surface area contributed by atoms with E-state index in [1.807, 2.05) is 24.4 Å². The summed E-state index contributed by atoms with van der Waals surface area (Å²) in [4.78, 5) is 13.7. The lowest BCUT2D eigenvalue weighted by Crippen LogP contribution is -2.13. The standard InChI is InChI=1S/C13H16N2O3/c1-18-12-6-8-4-5-15-11(8)7-9(12)10(14)2-3-13(16)17/h4-7,10,15H,2-3,14H2,1H3,(H,16,17). The van der Waals surface area contributed by atoms with Crippen molar-refractivity contribution in [3.8, 4) is 5.75 Å². The van der Waals surface area contributed by atoms with Gasteiger partial charge in [-0.2, -0.15) is 0 Å². The lowest BCUT2D eigenvalue weighted by Gasteiger charge is -2.15. The van der Waals surface area contributed by atoms with Crippen LogP contribution in [0.25, 0.3) is 10.9 Å². The molecule has 1 atom stereocenters. The van der Waals surface area contributed by atoms with E-state index in [0.29, 0.717) is 12.2 Å². The van der Waals surface area contributed by atoms with Gasteiger partial charge in [-0.25, -0.2) is 0 Å². The number of aromatic amines is 1. The molecule has 0 bridgehead atoms. The molecule has 5 nitrogen and oxygen atoms in total. The van der Waals surface area contributed by atoms with Crippen LogP contribution in [0.3, 0.4) is 0 Å². The molecule has 2 rings (SSSR count). The van der Waals surface area contributed by atoms with Crippen LogP contribution in [0.2, 0.25) is 0 Å². The molecule has 96 valence electrons. The van der Waals surface area contributed by atoms with E-state index in [0.717, 1.165) is 16.5 Å². The van der Waals surface area contributed by atoms with Gasteiger partial charge in [0.15, 0.2) is 0 Å². The van der Waals surface area contributed by atoms with Crippen LogP contribution in [-0.2, 0) is 4.79 Å². The maximum absolute atomic E-state index is 10.6. The minimum atomic E-state index is -0.842. The molecule has 0 aliphatic heterocycles. The summed E-state index contributed by atoms with van der Waals surface area (Å²) in [6.07, 6.45) is 2.28. The molecule has 0 amide bonds. The number of ether oxygens (including phenoxy) is 1. The van der Waals surface area contributed by atoms with Crippen molar-refractivity contribution in [1.29, 1.82) is 0 Å². The summed E-state index contributed by atoms with van der Waals surface area (Å²) in [5, 5.41) is 9.72. The third kappa shape index (κ3) is 2.46. The number of fused-ring (bicyclic) bond motifs is 1. The van der Waals surface area contributed by atoms with Crippen molar-refractivity contribution in [2.24, 2.45) is 5.73 Å². The van der Waals surface area contributed by atoms with E-state index >= 15 is 0 Å². The minimum Gasteiger partial charge on any atom is -0.496 e. The lowest BCUT2D eigenvalue weighted by molar-refractivity contribution is -0.137. The third-order valence-electron chi connectivity index (χ3n) is 2.97. The molecular weight excluding hydrogens is 232 g/mol. The van der Waals surface area contributed by atoms with E-state index in [2.05, 4.69) is 4.98 Å². The van der Waals surface area contributed by atoms with Crippen LogP contribution in [0.15, 0.2) is 24.4 Å². The maximum atomic E-state index is 10.6. The first-order chi connectivity index (χ1) is 8.61. The molecule has 1 aromatic carbocycles. The quantitative estimate of drug-likeness (QED) is 0.755. The van der Waals surface area contributed by atoms with Gasteiger partial charge in [0.05, 0.1) is 7.11 Å². The summed E-state index contributed by atoms with van der Waals surface area (Å²) in [5.74, 6) is -0.148. The first-order valence-electron chi connectivity index (χ1n) is 5.74. The average Bonchev–Trinajstić information content (AvgIpc) is 2.81. The van der Waals surface area contributed by atoms with Gasteiger partial charge >= 0.3 is 5.97 Å². The monoisotopic (exact) mass is 248 g/mol. The Labute approximate surface area is 105 Å². The summed E-state index contributed by atoms with van der Waals surface area (Å²) in [6, 6.07) is 5.43. The van der Waals surface area contributed by atoms with E-state index in [1.165, 1.54) is 0 Å². The molecule has 18 heavy (non-hydrogen) atoms. The Hall–Kier alpha value is -2.01. The van der Waals surface area contributed by atoms with Gasteiger partial charge in [-0.15, -0.1) is 0 Å². The van der Waals surface area contributed by atoms with Crippen molar-refractivity contribution in [3.63, 3.8) is 0 Å². The number of aliphatic carboxylic acids is 1. The highest BCUT2D eigenvalue weighted by molar-refractivity contribution is 5.82. The molecule has 0 saturated carbocycles. The number of rotatable bonds is 5. The zero-order valence-corrected chi connectivity index (χ0v) is 10.1. The van der Waals surface area contributed by atoms with Crippen molar-refractivity contribution in [2.75, 3.05) is 7.11 Å². The lowest BCUT2D eigenvalue weighted by atomic mass is 10.0. The highest BCUT2D eigenvalue weighted by Crippen LogP contribution is 2.30. The fourth-order valence-corrected chi connectivity index (χ4v) is 2.00. The van der Waals surface area contributed by atoms with Crippen LogP contribution in [0.1, 0.15) is 24.4 Å². The summed E-state index contributed by atoms with van der Waals surface area (Å²) in [6.45, 7) is 0. The average molecular weight is 248 g/mol. The van der Waals surface area contributed by atoms with Gasteiger partial charge in [-0.1, -0.05) is 0 Å². The fraction of sp³-hybridized carbons (Fsp3) is 0.308. The van der Waals surface area contributed by atoms with Crippen molar-refractivity contribution in [2.45, 2.75) is 18.9 Å². The number of carboxylic acids is 1. The molecule has 0 radical (unpaired) electrons. The summed E-state index contributed by atoms with van der Waals surface area (Å²) < 4.78 is 5.31. The number of hydrogen-bond acceptors (Lipinski definition) is 3. The normalized spacial score (nSPS) is 12.6. The van der Waals surface area contributed by atoms with Crippen LogP contribution in [0.4, 0.5) is 0 Å². The zero-order chi connectivity index (χ0) is 13.1. The third-order valence-corrected chi connectivity index (χ3v) is 2.97. The summed E-state index contributed by atoms with van der Waals surface area (Å²) in [5.41, 5.74) is 7.82. The largest absolute Gasteiger partial charge is 0.496 e. The first-order valence-corrected chi connectivity index (χ1v) is 5.74. The second kappa shape index (κ2) is 5.10. The molecule has 1 unspecified atom stereocenters. The van der Waals surface area contributed by atoms with E-state index in [-0.39, 0.29) is 12.5 Å². The Morgan fingerprint density at radius 3 is 3.00 bits per heavy atom. The maximum Gasteiger partial charge on any atom is 0.303 e. The highest BCUT2D eigenvalue weighted by atomic mass is 16.5.